The van der Waals surface area contributed by atoms with E-state index in [0.717, 1.165) is 5.56 Å². The molecule has 3 nitrogen and oxygen atoms in total. The van der Waals surface area contributed by atoms with Gasteiger partial charge >= 0.3 is 5.63 Å². The Kier molecular flexibility index (Phi) is 3.78. The number of hydrogen-bond acceptors (Lipinski definition) is 3. The van der Waals surface area contributed by atoms with Crippen LogP contribution in [0.4, 0.5) is 0 Å². The number of para-hydroxylation sites is 1. The lowest BCUT2D eigenvalue weighted by molar-refractivity contribution is 0.489. The Labute approximate surface area is 130 Å². The van der Waals surface area contributed by atoms with Crippen LogP contribution in [-0.2, 0) is 0 Å². The lowest BCUT2D eigenvalue weighted by Gasteiger charge is -2.00. The molecule has 5 heteroatoms. The van der Waals surface area contributed by atoms with E-state index < -0.39 is 5.63 Å². The van der Waals surface area contributed by atoms with Gasteiger partial charge in [-0.15, -0.1) is 0 Å². The van der Waals surface area contributed by atoms with E-state index in [1.54, 1.807) is 42.5 Å². The normalized spacial score (nSPS) is 11.8. The zero-order valence-electron chi connectivity index (χ0n) is 10.7. The van der Waals surface area contributed by atoms with E-state index in [2.05, 4.69) is 4.98 Å². The molecule has 0 saturated heterocycles. The molecule has 0 aliphatic heterocycles. The third-order valence-corrected chi connectivity index (χ3v) is 3.43. The number of aromatic nitrogens is 1. The molecular weight excluding hydrogens is 309 g/mol. The second kappa shape index (κ2) is 5.72. The summed E-state index contributed by atoms with van der Waals surface area (Å²) >= 11 is 12.0. The number of halogens is 2. The van der Waals surface area contributed by atoms with Crippen molar-refractivity contribution < 1.29 is 4.42 Å². The van der Waals surface area contributed by atoms with E-state index in [4.69, 9.17) is 27.6 Å². The summed E-state index contributed by atoms with van der Waals surface area (Å²) in [6.07, 6.45) is 1.66. The average Bonchev–Trinajstić information content (AvgIpc) is 2.49. The highest BCUT2D eigenvalue weighted by atomic mass is 35.5. The van der Waals surface area contributed by atoms with Crippen molar-refractivity contribution in [2.24, 2.45) is 0 Å². The summed E-state index contributed by atoms with van der Waals surface area (Å²) in [5.41, 5.74) is 0.923. The maximum atomic E-state index is 11.9. The number of benzene rings is 2. The molecule has 1 heterocycles. The second-order valence-electron chi connectivity index (χ2n) is 4.37. The molecule has 1 aromatic heterocycles. The Hall–Kier alpha value is -2.10. The van der Waals surface area contributed by atoms with Crippen LogP contribution in [0.1, 0.15) is 11.5 Å². The van der Waals surface area contributed by atoms with Crippen molar-refractivity contribution in [3.63, 3.8) is 0 Å². The standard InChI is InChI=1S/C16H9Cl2NO2/c17-11-7-5-10(6-8-11)9-13(18)15-19-14-4-2-1-3-12(14)16(20)21-15/h1-9H. The van der Waals surface area contributed by atoms with Gasteiger partial charge in [0.25, 0.3) is 0 Å². The molecule has 0 radical (unpaired) electrons. The molecule has 0 spiro atoms. The molecule has 0 amide bonds. The Morgan fingerprint density at radius 2 is 1.81 bits per heavy atom. The summed E-state index contributed by atoms with van der Waals surface area (Å²) in [5, 5.41) is 1.32. The molecule has 0 unspecified atom stereocenters. The minimum Gasteiger partial charge on any atom is -0.402 e. The topological polar surface area (TPSA) is 43.1 Å². The highest BCUT2D eigenvalue weighted by Gasteiger charge is 2.08. The third-order valence-electron chi connectivity index (χ3n) is 2.90. The van der Waals surface area contributed by atoms with Gasteiger partial charge in [-0.2, -0.15) is 0 Å². The van der Waals surface area contributed by atoms with Crippen LogP contribution in [0.5, 0.6) is 0 Å². The fourth-order valence-electron chi connectivity index (χ4n) is 1.89. The van der Waals surface area contributed by atoms with E-state index in [9.17, 15) is 4.79 Å². The predicted molar refractivity (Wildman–Crippen MR) is 85.5 cm³/mol. The van der Waals surface area contributed by atoms with E-state index >= 15 is 0 Å². The first-order valence-corrected chi connectivity index (χ1v) is 6.92. The average molecular weight is 318 g/mol. The molecule has 3 rings (SSSR count). The van der Waals surface area contributed by atoms with Gasteiger partial charge < -0.3 is 4.42 Å². The maximum absolute atomic E-state index is 11.9. The number of nitrogens with zero attached hydrogens (tertiary/aromatic N) is 1. The zero-order chi connectivity index (χ0) is 14.8. The van der Waals surface area contributed by atoms with Crippen LogP contribution < -0.4 is 5.63 Å². The van der Waals surface area contributed by atoms with Gasteiger partial charge in [0.2, 0.25) is 5.89 Å². The quantitative estimate of drug-likeness (QED) is 0.695. The number of fused-ring (bicyclic) bond motifs is 1. The molecule has 0 aliphatic rings. The van der Waals surface area contributed by atoms with Crippen LogP contribution in [0, 0.1) is 0 Å². The Morgan fingerprint density at radius 3 is 2.57 bits per heavy atom. The van der Waals surface area contributed by atoms with Crippen molar-refractivity contribution in [3.8, 4) is 0 Å². The van der Waals surface area contributed by atoms with Gasteiger partial charge in [-0.05, 0) is 35.9 Å². The summed E-state index contributed by atoms with van der Waals surface area (Å²) in [5.74, 6) is 0.0929. The van der Waals surface area contributed by atoms with E-state index in [0.29, 0.717) is 15.9 Å². The van der Waals surface area contributed by atoms with E-state index in [1.165, 1.54) is 0 Å². The summed E-state index contributed by atoms with van der Waals surface area (Å²) in [4.78, 5) is 16.1. The summed E-state index contributed by atoms with van der Waals surface area (Å²) < 4.78 is 5.16. The molecule has 0 atom stereocenters. The van der Waals surface area contributed by atoms with Crippen molar-refractivity contribution in [2.75, 3.05) is 0 Å². The monoisotopic (exact) mass is 317 g/mol. The first-order chi connectivity index (χ1) is 10.1. The van der Waals surface area contributed by atoms with Crippen LogP contribution in [0.2, 0.25) is 5.02 Å². The summed E-state index contributed by atoms with van der Waals surface area (Å²) in [6, 6.07) is 14.1. The van der Waals surface area contributed by atoms with Gasteiger partial charge in [0.15, 0.2) is 0 Å². The zero-order valence-corrected chi connectivity index (χ0v) is 12.2. The SMILES string of the molecule is O=c1oc(C(Cl)=Cc2ccc(Cl)cc2)nc2ccccc12. The van der Waals surface area contributed by atoms with Gasteiger partial charge in [-0.1, -0.05) is 47.5 Å². The minimum atomic E-state index is -0.460. The third kappa shape index (κ3) is 2.99. The van der Waals surface area contributed by atoms with Gasteiger partial charge in [0, 0.05) is 5.02 Å². The van der Waals surface area contributed by atoms with Crippen LogP contribution in [0.25, 0.3) is 22.0 Å². The molecular formula is C16H9Cl2NO2. The molecule has 0 saturated carbocycles. The molecule has 0 aliphatic carbocycles. The van der Waals surface area contributed by atoms with Crippen LogP contribution in [0.15, 0.2) is 57.7 Å². The molecule has 21 heavy (non-hydrogen) atoms. The molecule has 0 bridgehead atoms. The summed E-state index contributed by atoms with van der Waals surface area (Å²) in [6.45, 7) is 0. The van der Waals surface area contributed by atoms with Gasteiger partial charge in [0.05, 0.1) is 10.9 Å². The second-order valence-corrected chi connectivity index (χ2v) is 5.21. The first-order valence-electron chi connectivity index (χ1n) is 6.16. The molecule has 3 aromatic rings. The summed E-state index contributed by atoms with van der Waals surface area (Å²) in [7, 11) is 0. The van der Waals surface area contributed by atoms with Crippen molar-refractivity contribution in [3.05, 3.63) is 75.4 Å². The van der Waals surface area contributed by atoms with Crippen molar-refractivity contribution in [1.29, 1.82) is 0 Å². The maximum Gasteiger partial charge on any atom is 0.347 e. The largest absolute Gasteiger partial charge is 0.402 e. The number of rotatable bonds is 2. The highest BCUT2D eigenvalue weighted by molar-refractivity contribution is 6.50. The van der Waals surface area contributed by atoms with Crippen molar-refractivity contribution in [1.82, 2.24) is 4.98 Å². The Balaban J connectivity index is 2.07. The Morgan fingerprint density at radius 1 is 1.10 bits per heavy atom. The first kappa shape index (κ1) is 13.9. The van der Waals surface area contributed by atoms with Crippen LogP contribution in [0.3, 0.4) is 0 Å². The van der Waals surface area contributed by atoms with E-state index in [-0.39, 0.29) is 10.9 Å². The van der Waals surface area contributed by atoms with Gasteiger partial charge in [-0.3, -0.25) is 0 Å². The van der Waals surface area contributed by atoms with Gasteiger partial charge in [0.1, 0.15) is 5.03 Å². The predicted octanol–water partition coefficient (Wildman–Crippen LogP) is 4.58. The van der Waals surface area contributed by atoms with Crippen molar-refractivity contribution in [2.45, 2.75) is 0 Å². The van der Waals surface area contributed by atoms with Gasteiger partial charge in [-0.25, -0.2) is 9.78 Å². The minimum absolute atomic E-state index is 0.0929. The van der Waals surface area contributed by atoms with Crippen LogP contribution >= 0.6 is 23.2 Å². The van der Waals surface area contributed by atoms with E-state index in [1.807, 2.05) is 12.1 Å². The lowest BCUT2D eigenvalue weighted by atomic mass is 10.2. The fourth-order valence-corrected chi connectivity index (χ4v) is 2.22. The highest BCUT2D eigenvalue weighted by Crippen LogP contribution is 2.22. The van der Waals surface area contributed by atoms with Crippen molar-refractivity contribution >= 4 is 45.2 Å². The van der Waals surface area contributed by atoms with Crippen LogP contribution in [-0.4, -0.2) is 4.98 Å². The lowest BCUT2D eigenvalue weighted by Crippen LogP contribution is -2.03. The molecule has 0 N–H and O–H groups in total. The Bertz CT molecular complexity index is 883. The smallest absolute Gasteiger partial charge is 0.347 e. The number of hydrogen-bond donors (Lipinski definition) is 0. The molecule has 104 valence electrons. The molecule has 0 fully saturated rings. The fraction of sp³-hybridized carbons (Fsp3) is 0. The molecule has 2 aromatic carbocycles.